The topological polar surface area (TPSA) is 66.4 Å². The molecule has 0 spiro atoms. The van der Waals surface area contributed by atoms with Gasteiger partial charge in [0, 0.05) is 4.88 Å². The van der Waals surface area contributed by atoms with E-state index in [2.05, 4.69) is 5.32 Å². The smallest absolute Gasteiger partial charge is 0.331 e. The molecular weight excluding hydrogens is 274 g/mol. The second-order valence-electron chi connectivity index (χ2n) is 4.52. The maximum atomic E-state index is 12.0. The molecule has 104 valence electrons. The van der Waals surface area contributed by atoms with E-state index in [4.69, 9.17) is 0 Å². The van der Waals surface area contributed by atoms with Crippen LogP contribution in [0.4, 0.5) is 0 Å². The molecule has 2 rings (SSSR count). The number of carboxylic acids is 1. The second-order valence-corrected chi connectivity index (χ2v) is 5.50. The normalized spacial score (nSPS) is 11.8. The zero-order valence-corrected chi connectivity index (χ0v) is 11.8. The van der Waals surface area contributed by atoms with Crippen molar-refractivity contribution in [1.82, 2.24) is 5.32 Å². The number of nitrogens with one attached hydrogen (secondary N) is 1. The molecule has 0 aliphatic rings. The fourth-order valence-electron chi connectivity index (χ4n) is 1.93. The summed E-state index contributed by atoms with van der Waals surface area (Å²) >= 11 is 1.31. The van der Waals surface area contributed by atoms with Crippen LogP contribution < -0.4 is 5.32 Å². The molecule has 0 fully saturated rings. The fourth-order valence-corrected chi connectivity index (χ4v) is 2.70. The maximum Gasteiger partial charge on any atom is 0.331 e. The van der Waals surface area contributed by atoms with Crippen LogP contribution in [-0.2, 0) is 16.0 Å². The number of carboxylic acid groups (broad SMARTS) is 1. The Morgan fingerprint density at radius 3 is 2.70 bits per heavy atom. The quantitative estimate of drug-likeness (QED) is 0.889. The van der Waals surface area contributed by atoms with Crippen LogP contribution in [-0.4, -0.2) is 17.0 Å². The van der Waals surface area contributed by atoms with E-state index >= 15 is 0 Å². The molecule has 0 saturated carbocycles. The summed E-state index contributed by atoms with van der Waals surface area (Å²) in [6.45, 7) is 1.95. The lowest BCUT2D eigenvalue weighted by Gasteiger charge is -2.13. The van der Waals surface area contributed by atoms with Crippen molar-refractivity contribution in [3.05, 3.63) is 57.8 Å². The van der Waals surface area contributed by atoms with Gasteiger partial charge in [0.2, 0.25) is 5.91 Å². The standard InChI is InChI=1S/C15H15NO3S/c1-10-4-2-5-11(8-10)9-13(17)16-14(15(18)19)12-6-3-7-20-12/h2-8,14H,9H2,1H3,(H,16,17)(H,18,19). The highest BCUT2D eigenvalue weighted by atomic mass is 32.1. The molecule has 0 aliphatic carbocycles. The predicted octanol–water partition coefficient (Wildman–Crippen LogP) is 2.54. The largest absolute Gasteiger partial charge is 0.479 e. The Morgan fingerprint density at radius 1 is 1.30 bits per heavy atom. The minimum Gasteiger partial charge on any atom is -0.479 e. The average molecular weight is 289 g/mol. The van der Waals surface area contributed by atoms with Gasteiger partial charge in [0.25, 0.3) is 0 Å². The molecule has 1 amide bonds. The average Bonchev–Trinajstić information content (AvgIpc) is 2.89. The number of aliphatic carboxylic acids is 1. The minimum absolute atomic E-state index is 0.177. The van der Waals surface area contributed by atoms with Crippen LogP contribution in [0, 0.1) is 6.92 Å². The van der Waals surface area contributed by atoms with Crippen molar-refractivity contribution in [3.8, 4) is 0 Å². The summed E-state index contributed by atoms with van der Waals surface area (Å²) in [7, 11) is 0. The highest BCUT2D eigenvalue weighted by Crippen LogP contribution is 2.19. The molecule has 1 unspecified atom stereocenters. The number of aryl methyl sites for hydroxylation is 1. The van der Waals surface area contributed by atoms with Gasteiger partial charge in [-0.1, -0.05) is 35.9 Å². The molecule has 20 heavy (non-hydrogen) atoms. The first-order valence-electron chi connectivity index (χ1n) is 6.17. The van der Waals surface area contributed by atoms with Crippen molar-refractivity contribution in [3.63, 3.8) is 0 Å². The first kappa shape index (κ1) is 14.3. The van der Waals surface area contributed by atoms with Crippen LogP contribution in [0.2, 0.25) is 0 Å². The van der Waals surface area contributed by atoms with Gasteiger partial charge < -0.3 is 10.4 Å². The van der Waals surface area contributed by atoms with E-state index in [1.54, 1.807) is 17.5 Å². The molecule has 2 N–H and O–H groups in total. The number of hydrogen-bond acceptors (Lipinski definition) is 3. The van der Waals surface area contributed by atoms with Crippen molar-refractivity contribution >= 4 is 23.2 Å². The zero-order chi connectivity index (χ0) is 14.5. The molecule has 0 saturated heterocycles. The lowest BCUT2D eigenvalue weighted by molar-refractivity contribution is -0.141. The summed E-state index contributed by atoms with van der Waals surface area (Å²) in [5, 5.41) is 13.5. The summed E-state index contributed by atoms with van der Waals surface area (Å²) in [5.74, 6) is -1.35. The zero-order valence-electron chi connectivity index (χ0n) is 11.0. The van der Waals surface area contributed by atoms with Crippen molar-refractivity contribution < 1.29 is 14.7 Å². The van der Waals surface area contributed by atoms with Gasteiger partial charge in [-0.25, -0.2) is 4.79 Å². The van der Waals surface area contributed by atoms with Gasteiger partial charge in [-0.05, 0) is 23.9 Å². The molecule has 2 aromatic rings. The Balaban J connectivity index is 2.04. The third-order valence-electron chi connectivity index (χ3n) is 2.83. The number of amides is 1. The van der Waals surface area contributed by atoms with Crippen LogP contribution in [0.3, 0.4) is 0 Å². The van der Waals surface area contributed by atoms with Crippen molar-refractivity contribution in [1.29, 1.82) is 0 Å². The first-order valence-corrected chi connectivity index (χ1v) is 7.05. The van der Waals surface area contributed by atoms with Gasteiger partial charge in [0.15, 0.2) is 6.04 Å². The number of carbonyl (C=O) groups excluding carboxylic acids is 1. The van der Waals surface area contributed by atoms with E-state index in [0.29, 0.717) is 4.88 Å². The van der Waals surface area contributed by atoms with Crippen LogP contribution in [0.15, 0.2) is 41.8 Å². The second kappa shape index (κ2) is 6.34. The van der Waals surface area contributed by atoms with Gasteiger partial charge in [-0.15, -0.1) is 11.3 Å². The Kier molecular flexibility index (Phi) is 4.53. The third-order valence-corrected chi connectivity index (χ3v) is 3.76. The van der Waals surface area contributed by atoms with E-state index in [1.165, 1.54) is 11.3 Å². The maximum absolute atomic E-state index is 12.0. The molecule has 0 aliphatic heterocycles. The highest BCUT2D eigenvalue weighted by Gasteiger charge is 2.22. The predicted molar refractivity (Wildman–Crippen MR) is 77.7 cm³/mol. The van der Waals surface area contributed by atoms with Crippen molar-refractivity contribution in [2.75, 3.05) is 0 Å². The van der Waals surface area contributed by atoms with Gasteiger partial charge in [0.05, 0.1) is 6.42 Å². The Labute approximate surface area is 121 Å². The Hall–Kier alpha value is -2.14. The molecular formula is C15H15NO3S. The lowest BCUT2D eigenvalue weighted by Crippen LogP contribution is -2.34. The van der Waals surface area contributed by atoms with Crippen LogP contribution >= 0.6 is 11.3 Å². The summed E-state index contributed by atoms with van der Waals surface area (Å²) < 4.78 is 0. The molecule has 4 nitrogen and oxygen atoms in total. The SMILES string of the molecule is Cc1cccc(CC(=O)NC(C(=O)O)c2cccs2)c1. The van der Waals surface area contributed by atoms with Gasteiger partial charge in [-0.3, -0.25) is 4.79 Å². The molecule has 1 atom stereocenters. The molecule has 5 heteroatoms. The number of carbonyl (C=O) groups is 2. The lowest BCUT2D eigenvalue weighted by atomic mass is 10.1. The van der Waals surface area contributed by atoms with E-state index in [-0.39, 0.29) is 12.3 Å². The molecule has 0 radical (unpaired) electrons. The first-order chi connectivity index (χ1) is 9.56. The van der Waals surface area contributed by atoms with E-state index < -0.39 is 12.0 Å². The van der Waals surface area contributed by atoms with Crippen LogP contribution in [0.25, 0.3) is 0 Å². The molecule has 1 aromatic carbocycles. The van der Waals surface area contributed by atoms with E-state index in [9.17, 15) is 14.7 Å². The number of thiophene rings is 1. The summed E-state index contributed by atoms with van der Waals surface area (Å²) in [6.07, 6.45) is 0.177. The van der Waals surface area contributed by atoms with Crippen molar-refractivity contribution in [2.24, 2.45) is 0 Å². The number of hydrogen-bond donors (Lipinski definition) is 2. The van der Waals surface area contributed by atoms with Crippen molar-refractivity contribution in [2.45, 2.75) is 19.4 Å². The van der Waals surface area contributed by atoms with Crippen LogP contribution in [0.5, 0.6) is 0 Å². The molecule has 1 aromatic heterocycles. The fraction of sp³-hybridized carbons (Fsp3) is 0.200. The summed E-state index contributed by atoms with van der Waals surface area (Å²) in [5.41, 5.74) is 1.95. The molecule has 0 bridgehead atoms. The highest BCUT2D eigenvalue weighted by molar-refractivity contribution is 7.10. The van der Waals surface area contributed by atoms with Gasteiger partial charge in [0.1, 0.15) is 0 Å². The van der Waals surface area contributed by atoms with Gasteiger partial charge in [-0.2, -0.15) is 0 Å². The summed E-state index contributed by atoms with van der Waals surface area (Å²) in [4.78, 5) is 23.8. The summed E-state index contributed by atoms with van der Waals surface area (Å²) in [6, 6.07) is 10.1. The minimum atomic E-state index is -1.05. The Bertz CT molecular complexity index is 607. The van der Waals surface area contributed by atoms with Crippen LogP contribution in [0.1, 0.15) is 22.0 Å². The molecule has 1 heterocycles. The van der Waals surface area contributed by atoms with E-state index in [0.717, 1.165) is 11.1 Å². The van der Waals surface area contributed by atoms with Gasteiger partial charge >= 0.3 is 5.97 Å². The Morgan fingerprint density at radius 2 is 2.10 bits per heavy atom. The number of benzene rings is 1. The monoisotopic (exact) mass is 289 g/mol. The van der Waals surface area contributed by atoms with E-state index in [1.807, 2.05) is 31.2 Å². The number of rotatable bonds is 5. The third kappa shape index (κ3) is 3.68.